The number of hydrogen-bond acceptors (Lipinski definition) is 7. The molecule has 12 nitrogen and oxygen atoms in total. The van der Waals surface area contributed by atoms with Gasteiger partial charge in [-0.1, -0.05) is 32.0 Å². The number of aromatic nitrogens is 1. The fourth-order valence-electron chi connectivity index (χ4n) is 3.91. The quantitative estimate of drug-likeness (QED) is 0.141. The van der Waals surface area contributed by atoms with E-state index in [0.29, 0.717) is 6.42 Å². The molecule has 4 unspecified atom stereocenters. The van der Waals surface area contributed by atoms with Crippen molar-refractivity contribution in [3.63, 3.8) is 0 Å². The number of amides is 4. The van der Waals surface area contributed by atoms with Crippen LogP contribution in [0.5, 0.6) is 0 Å². The maximum Gasteiger partial charge on any atom is 0.327 e. The molecule has 0 fully saturated rings. The van der Waals surface area contributed by atoms with Crippen LogP contribution < -0.4 is 27.4 Å². The van der Waals surface area contributed by atoms with Crippen molar-refractivity contribution in [1.29, 1.82) is 0 Å². The van der Waals surface area contributed by atoms with Crippen LogP contribution in [0.15, 0.2) is 30.5 Å². The van der Waals surface area contributed by atoms with Gasteiger partial charge < -0.3 is 37.5 Å². The van der Waals surface area contributed by atoms with Crippen molar-refractivity contribution in [3.8, 4) is 0 Å². The van der Waals surface area contributed by atoms with E-state index in [-0.39, 0.29) is 30.9 Å². The van der Waals surface area contributed by atoms with E-state index in [4.69, 9.17) is 11.5 Å². The van der Waals surface area contributed by atoms with Crippen LogP contribution in [0.3, 0.4) is 0 Å². The van der Waals surface area contributed by atoms with Gasteiger partial charge in [-0.05, 0) is 30.4 Å². The molecule has 0 saturated heterocycles. The minimum atomic E-state index is -1.31. The number of fused-ring (bicyclic) bond motifs is 1. The highest BCUT2D eigenvalue weighted by molar-refractivity contribution is 7.80. The van der Waals surface area contributed by atoms with Gasteiger partial charge in [0.2, 0.25) is 23.6 Å². The van der Waals surface area contributed by atoms with Crippen molar-refractivity contribution in [2.24, 2.45) is 17.4 Å². The number of rotatable bonds is 15. The number of nitrogens with one attached hydrogen (secondary N) is 4. The average molecular weight is 549 g/mol. The molecular formula is C25H36N6O6S. The number of hydrogen-bond donors (Lipinski definition) is 8. The largest absolute Gasteiger partial charge is 0.480 e. The molecule has 2 aromatic rings. The van der Waals surface area contributed by atoms with Crippen LogP contribution in [0.2, 0.25) is 0 Å². The first-order chi connectivity index (χ1) is 17.9. The lowest BCUT2D eigenvalue weighted by Crippen LogP contribution is -2.58. The third kappa shape index (κ3) is 9.06. The van der Waals surface area contributed by atoms with Gasteiger partial charge in [0, 0.05) is 35.7 Å². The van der Waals surface area contributed by atoms with Crippen LogP contribution >= 0.6 is 12.6 Å². The van der Waals surface area contributed by atoms with E-state index in [0.717, 1.165) is 16.5 Å². The van der Waals surface area contributed by atoms with Gasteiger partial charge in [0.1, 0.15) is 18.1 Å². The predicted molar refractivity (Wildman–Crippen MR) is 145 cm³/mol. The Morgan fingerprint density at radius 3 is 2.18 bits per heavy atom. The molecule has 9 N–H and O–H groups in total. The van der Waals surface area contributed by atoms with E-state index in [9.17, 15) is 29.1 Å². The lowest BCUT2D eigenvalue weighted by atomic mass is 10.0. The first kappa shape index (κ1) is 30.6. The van der Waals surface area contributed by atoms with E-state index in [1.165, 1.54) is 0 Å². The van der Waals surface area contributed by atoms with Crippen LogP contribution in [0.4, 0.5) is 0 Å². The van der Waals surface area contributed by atoms with Crippen LogP contribution in [-0.2, 0) is 30.4 Å². The van der Waals surface area contributed by atoms with E-state index >= 15 is 0 Å². The zero-order valence-electron chi connectivity index (χ0n) is 21.4. The van der Waals surface area contributed by atoms with Gasteiger partial charge >= 0.3 is 5.97 Å². The number of carboxylic acid groups (broad SMARTS) is 1. The molecular weight excluding hydrogens is 512 g/mol. The Balaban J connectivity index is 2.30. The normalized spacial score (nSPS) is 14.3. The number of carbonyl (C=O) groups excluding carboxylic acids is 4. The number of carboxylic acids is 1. The smallest absolute Gasteiger partial charge is 0.327 e. The van der Waals surface area contributed by atoms with Crippen LogP contribution in [-0.4, -0.2) is 69.6 Å². The number of aromatic amines is 1. The van der Waals surface area contributed by atoms with Crippen molar-refractivity contribution < 1.29 is 29.1 Å². The molecule has 0 spiro atoms. The highest BCUT2D eigenvalue weighted by atomic mass is 32.1. The summed E-state index contributed by atoms with van der Waals surface area (Å²) in [7, 11) is 0. The summed E-state index contributed by atoms with van der Waals surface area (Å²) in [5, 5.41) is 17.6. The van der Waals surface area contributed by atoms with Gasteiger partial charge in [0.15, 0.2) is 0 Å². The third-order valence-electron chi connectivity index (χ3n) is 5.90. The lowest BCUT2D eigenvalue weighted by molar-refractivity contribution is -0.141. The molecule has 1 heterocycles. The van der Waals surface area contributed by atoms with Gasteiger partial charge in [0.25, 0.3) is 0 Å². The van der Waals surface area contributed by atoms with Crippen molar-refractivity contribution in [2.75, 3.05) is 5.75 Å². The lowest BCUT2D eigenvalue weighted by Gasteiger charge is -2.25. The summed E-state index contributed by atoms with van der Waals surface area (Å²) >= 11 is 3.93. The minimum absolute atomic E-state index is 0.0779. The highest BCUT2D eigenvalue weighted by Crippen LogP contribution is 2.19. The molecule has 0 aliphatic carbocycles. The summed E-state index contributed by atoms with van der Waals surface area (Å²) in [5.74, 6) is -4.12. The molecule has 0 radical (unpaired) electrons. The first-order valence-electron chi connectivity index (χ1n) is 12.3. The molecule has 0 saturated carbocycles. The molecule has 1 aromatic carbocycles. The number of para-hydroxylation sites is 1. The molecule has 0 aliphatic heterocycles. The Morgan fingerprint density at radius 1 is 0.974 bits per heavy atom. The summed E-state index contributed by atoms with van der Waals surface area (Å²) in [5.41, 5.74) is 12.8. The maximum atomic E-state index is 13.4. The maximum absolute atomic E-state index is 13.4. The summed E-state index contributed by atoms with van der Waals surface area (Å²) < 4.78 is 0. The molecule has 208 valence electrons. The summed E-state index contributed by atoms with van der Waals surface area (Å²) in [6.07, 6.45) is 1.79. The number of carbonyl (C=O) groups is 5. The first-order valence-corrected chi connectivity index (χ1v) is 12.9. The Bertz CT molecular complexity index is 1150. The molecule has 38 heavy (non-hydrogen) atoms. The van der Waals surface area contributed by atoms with E-state index < -0.39 is 53.8 Å². The zero-order valence-corrected chi connectivity index (χ0v) is 22.3. The number of nitrogens with two attached hydrogens (primary N) is 2. The van der Waals surface area contributed by atoms with Crippen LogP contribution in [0.25, 0.3) is 10.9 Å². The van der Waals surface area contributed by atoms with Crippen LogP contribution in [0.1, 0.15) is 38.7 Å². The predicted octanol–water partition coefficient (Wildman–Crippen LogP) is -0.182. The second-order valence-corrected chi connectivity index (χ2v) is 9.87. The topological polar surface area (TPSA) is 209 Å². The number of benzene rings is 1. The van der Waals surface area contributed by atoms with Gasteiger partial charge in [-0.2, -0.15) is 12.6 Å². The summed E-state index contributed by atoms with van der Waals surface area (Å²) in [6.45, 7) is 3.83. The second-order valence-electron chi connectivity index (χ2n) is 9.51. The van der Waals surface area contributed by atoms with E-state index in [1.54, 1.807) is 6.20 Å². The molecule has 2 rings (SSSR count). The molecule has 1 aromatic heterocycles. The fraction of sp³-hybridized carbons (Fsp3) is 0.480. The monoisotopic (exact) mass is 548 g/mol. The number of aliphatic carboxylic acids is 1. The van der Waals surface area contributed by atoms with E-state index in [1.807, 2.05) is 38.1 Å². The molecule has 13 heteroatoms. The standard InChI is InChI=1S/C25H36N6O6S/c1-13(2)9-16(26)22(33)30-19(10-14-11-28-17-6-4-3-5-15(14)17)24(35)29-18(7-8-21(27)32)23(34)31-20(12-38)25(36)37/h3-6,11,13,16,18-20,28,38H,7-10,12,26H2,1-2H3,(H2,27,32)(H,29,35)(H,30,33)(H,31,34)(H,36,37). The Kier molecular flexibility index (Phi) is 11.6. The van der Waals surface area contributed by atoms with Crippen LogP contribution in [0, 0.1) is 5.92 Å². The van der Waals surface area contributed by atoms with Crippen molar-refractivity contribution in [2.45, 2.75) is 63.7 Å². The molecule has 0 bridgehead atoms. The number of primary amides is 1. The van der Waals surface area contributed by atoms with Gasteiger partial charge in [0.05, 0.1) is 6.04 Å². The second kappa shape index (κ2) is 14.4. The van der Waals surface area contributed by atoms with Crippen molar-refractivity contribution in [3.05, 3.63) is 36.0 Å². The van der Waals surface area contributed by atoms with Crippen molar-refractivity contribution >= 4 is 53.1 Å². The Morgan fingerprint density at radius 2 is 1.58 bits per heavy atom. The molecule has 0 aliphatic rings. The molecule has 4 amide bonds. The van der Waals surface area contributed by atoms with E-state index in [2.05, 4.69) is 33.6 Å². The number of thiol groups is 1. The number of H-pyrrole nitrogens is 1. The average Bonchev–Trinajstić information content (AvgIpc) is 3.26. The Hall–Kier alpha value is -3.58. The van der Waals surface area contributed by atoms with Crippen molar-refractivity contribution in [1.82, 2.24) is 20.9 Å². The third-order valence-corrected chi connectivity index (χ3v) is 6.27. The SMILES string of the molecule is CC(C)CC(N)C(=O)NC(Cc1c[nH]c2ccccc12)C(=O)NC(CCC(N)=O)C(=O)NC(CS)C(=O)O. The van der Waals surface area contributed by atoms with Gasteiger partial charge in [-0.25, -0.2) is 4.79 Å². The van der Waals surface area contributed by atoms with Gasteiger partial charge in [-0.15, -0.1) is 0 Å². The zero-order chi connectivity index (χ0) is 28.4. The summed E-state index contributed by atoms with van der Waals surface area (Å²) in [4.78, 5) is 65.0. The Labute approximate surface area is 226 Å². The minimum Gasteiger partial charge on any atom is -0.480 e. The van der Waals surface area contributed by atoms with Gasteiger partial charge in [-0.3, -0.25) is 19.2 Å². The summed E-state index contributed by atoms with van der Waals surface area (Å²) in [6, 6.07) is 2.87. The fourth-order valence-corrected chi connectivity index (χ4v) is 4.16. The molecule has 4 atom stereocenters. The highest BCUT2D eigenvalue weighted by Gasteiger charge is 2.31.